The van der Waals surface area contributed by atoms with E-state index >= 15 is 0 Å². The first-order valence-electron chi connectivity index (χ1n) is 6.29. The average Bonchev–Trinajstić information content (AvgIpc) is 2.13. The van der Waals surface area contributed by atoms with Gasteiger partial charge in [-0.25, -0.2) is 0 Å². The second-order valence-electron chi connectivity index (χ2n) is 4.81. The van der Waals surface area contributed by atoms with Gasteiger partial charge in [0.25, 0.3) is 0 Å². The Morgan fingerprint density at radius 1 is 1.06 bits per heavy atom. The van der Waals surface area contributed by atoms with Crippen LogP contribution in [0.1, 0.15) is 39.5 Å². The van der Waals surface area contributed by atoms with Crippen LogP contribution in [0, 0.1) is 0 Å². The van der Waals surface area contributed by atoms with Gasteiger partial charge in [-0.2, -0.15) is 0 Å². The summed E-state index contributed by atoms with van der Waals surface area (Å²) >= 11 is -0.899. The van der Waals surface area contributed by atoms with E-state index in [4.69, 9.17) is 0 Å². The van der Waals surface area contributed by atoms with Gasteiger partial charge in [-0.15, -0.1) is 0 Å². The number of allylic oxidation sites excluding steroid dienone is 6. The Kier molecular flexibility index (Phi) is 6.74. The summed E-state index contributed by atoms with van der Waals surface area (Å²) in [6, 6.07) is 0. The van der Waals surface area contributed by atoms with Crippen LogP contribution in [0.15, 0.2) is 46.7 Å². The van der Waals surface area contributed by atoms with Gasteiger partial charge in [0.1, 0.15) is 0 Å². The summed E-state index contributed by atoms with van der Waals surface area (Å²) in [5.41, 5.74) is 2.70. The summed E-state index contributed by atoms with van der Waals surface area (Å²) in [4.78, 5) is 0. The summed E-state index contributed by atoms with van der Waals surface area (Å²) in [5, 5.41) is 2.51. The van der Waals surface area contributed by atoms with Crippen LogP contribution in [0.3, 0.4) is 0 Å². The quantitative estimate of drug-likeness (QED) is 0.457. The van der Waals surface area contributed by atoms with Crippen LogP contribution in [0.25, 0.3) is 0 Å². The van der Waals surface area contributed by atoms with E-state index < -0.39 is 16.0 Å². The zero-order valence-corrected chi connectivity index (χ0v) is 13.0. The maximum atomic E-state index is 4.10. The van der Waals surface area contributed by atoms with Crippen LogP contribution in [0.4, 0.5) is 0 Å². The molecule has 0 amide bonds. The van der Waals surface area contributed by atoms with E-state index in [9.17, 15) is 0 Å². The maximum absolute atomic E-state index is 4.10. The van der Waals surface area contributed by atoms with E-state index in [1.807, 2.05) is 0 Å². The Morgan fingerprint density at radius 3 is 2.24 bits per heavy atom. The van der Waals surface area contributed by atoms with Gasteiger partial charge in [0.15, 0.2) is 0 Å². The van der Waals surface area contributed by atoms with Crippen LogP contribution in [0.2, 0.25) is 10.0 Å². The topological polar surface area (TPSA) is 0 Å². The zero-order chi connectivity index (χ0) is 12.7. The fraction of sp³-hybridized carbons (Fsp3) is 0.500. The van der Waals surface area contributed by atoms with Gasteiger partial charge in [0.05, 0.1) is 0 Å². The SMILES string of the molecule is C=C(C)[CH2][Ru]([CH2]C(=C)C)[C]1=CCCC=CCC1. The molecule has 0 nitrogen and oxygen atoms in total. The average molecular weight is 318 g/mol. The van der Waals surface area contributed by atoms with Gasteiger partial charge >= 0.3 is 112 Å². The molecule has 0 spiro atoms. The standard InChI is InChI=1S/C8H11.2C4H7.Ru/c1-2-4-6-8-7-5-3-1;2*1-4(2)3;/h1-2,7H,3-6H2;2*1-2H2,3H3;. The van der Waals surface area contributed by atoms with Crippen molar-refractivity contribution in [2.24, 2.45) is 0 Å². The van der Waals surface area contributed by atoms with E-state index in [0.717, 1.165) is 0 Å². The van der Waals surface area contributed by atoms with Crippen LogP contribution in [-0.4, -0.2) is 0 Å². The van der Waals surface area contributed by atoms with E-state index in [0.29, 0.717) is 0 Å². The fourth-order valence-corrected chi connectivity index (χ4v) is 6.99. The minimum absolute atomic E-state index is 0.899. The third-order valence-electron chi connectivity index (χ3n) is 2.45. The van der Waals surface area contributed by atoms with Crippen molar-refractivity contribution in [3.63, 3.8) is 0 Å². The van der Waals surface area contributed by atoms with E-state index in [2.05, 4.69) is 45.2 Å². The Hall–Kier alpha value is -0.417. The van der Waals surface area contributed by atoms with E-state index in [1.54, 1.807) is 4.17 Å². The monoisotopic (exact) mass is 319 g/mol. The molecule has 0 bridgehead atoms. The molecular formula is C16H25Ru. The molecule has 17 heavy (non-hydrogen) atoms. The molecule has 0 aromatic carbocycles. The second kappa shape index (κ2) is 7.82. The van der Waals surface area contributed by atoms with Crippen molar-refractivity contribution in [2.75, 3.05) is 0 Å². The summed E-state index contributed by atoms with van der Waals surface area (Å²) in [6.07, 6.45) is 12.1. The predicted octanol–water partition coefficient (Wildman–Crippen LogP) is 5.61. The molecule has 0 aromatic heterocycles. The van der Waals surface area contributed by atoms with Crippen LogP contribution in [0.5, 0.6) is 0 Å². The number of hydrogen-bond donors (Lipinski definition) is 0. The molecule has 0 saturated heterocycles. The van der Waals surface area contributed by atoms with Gasteiger partial charge in [0, 0.05) is 0 Å². The minimum atomic E-state index is -0.899. The second-order valence-corrected chi connectivity index (χ2v) is 9.26. The Labute approximate surface area is 112 Å². The van der Waals surface area contributed by atoms with Gasteiger partial charge in [-0.3, -0.25) is 0 Å². The predicted molar refractivity (Wildman–Crippen MR) is 74.9 cm³/mol. The normalized spacial score (nSPS) is 16.8. The first-order valence-corrected chi connectivity index (χ1v) is 9.62. The van der Waals surface area contributed by atoms with Crippen LogP contribution < -0.4 is 0 Å². The molecule has 0 fully saturated rings. The molecule has 0 N–H and O–H groups in total. The summed E-state index contributed by atoms with van der Waals surface area (Å²) in [5.74, 6) is 0. The van der Waals surface area contributed by atoms with Crippen molar-refractivity contribution in [3.05, 3.63) is 46.7 Å². The molecule has 0 saturated carbocycles. The zero-order valence-electron chi connectivity index (χ0n) is 11.2. The Balaban J connectivity index is 2.72. The molecular weight excluding hydrogens is 293 g/mol. The molecule has 0 aromatic rings. The Morgan fingerprint density at radius 2 is 1.65 bits per heavy atom. The molecule has 1 heteroatoms. The molecule has 0 aliphatic heterocycles. The number of rotatable bonds is 5. The van der Waals surface area contributed by atoms with Crippen molar-refractivity contribution < 1.29 is 16.0 Å². The third-order valence-corrected chi connectivity index (χ3v) is 8.40. The fourth-order valence-electron chi connectivity index (χ4n) is 1.84. The van der Waals surface area contributed by atoms with Crippen molar-refractivity contribution in [1.29, 1.82) is 0 Å². The van der Waals surface area contributed by atoms with E-state index in [-0.39, 0.29) is 0 Å². The molecule has 0 atom stereocenters. The third kappa shape index (κ3) is 6.17. The molecule has 1 aliphatic rings. The van der Waals surface area contributed by atoms with Crippen molar-refractivity contribution in [1.82, 2.24) is 0 Å². The molecule has 97 valence electrons. The van der Waals surface area contributed by atoms with Gasteiger partial charge in [-0.1, -0.05) is 0 Å². The summed E-state index contributed by atoms with van der Waals surface area (Å²) in [6.45, 7) is 12.5. The Bertz CT molecular complexity index is 317. The summed E-state index contributed by atoms with van der Waals surface area (Å²) in [7, 11) is 0. The van der Waals surface area contributed by atoms with Crippen LogP contribution >= 0.6 is 0 Å². The van der Waals surface area contributed by atoms with Crippen molar-refractivity contribution in [3.8, 4) is 0 Å². The molecule has 0 heterocycles. The van der Waals surface area contributed by atoms with Gasteiger partial charge in [-0.05, 0) is 0 Å². The van der Waals surface area contributed by atoms with Crippen molar-refractivity contribution >= 4 is 0 Å². The molecule has 0 unspecified atom stereocenters. The molecule has 0 radical (unpaired) electrons. The van der Waals surface area contributed by atoms with Crippen molar-refractivity contribution in [2.45, 2.75) is 49.6 Å². The first kappa shape index (κ1) is 14.6. The van der Waals surface area contributed by atoms with E-state index in [1.165, 1.54) is 46.9 Å². The van der Waals surface area contributed by atoms with Gasteiger partial charge < -0.3 is 0 Å². The summed E-state index contributed by atoms with van der Waals surface area (Å²) < 4.78 is 1.77. The molecule has 1 aliphatic carbocycles. The number of hydrogen-bond acceptors (Lipinski definition) is 0. The first-order chi connectivity index (χ1) is 8.09. The van der Waals surface area contributed by atoms with Crippen LogP contribution in [-0.2, 0) is 16.0 Å². The molecule has 1 rings (SSSR count). The van der Waals surface area contributed by atoms with Gasteiger partial charge in [0.2, 0.25) is 0 Å².